The van der Waals surface area contributed by atoms with Crippen molar-refractivity contribution in [2.24, 2.45) is 0 Å². The molecule has 2 unspecified atom stereocenters. The number of nitrogens with one attached hydrogen (secondary N) is 1. The van der Waals surface area contributed by atoms with Crippen LogP contribution in [-0.4, -0.2) is 14.8 Å². The Morgan fingerprint density at radius 2 is 1.88 bits per heavy atom. The zero-order valence-electron chi connectivity index (χ0n) is 16.5. The summed E-state index contributed by atoms with van der Waals surface area (Å²) in [7, 11) is 0. The zero-order chi connectivity index (χ0) is 21.8. The minimum atomic E-state index is -0.572. The van der Waals surface area contributed by atoms with E-state index in [2.05, 4.69) is 15.4 Å². The molecule has 32 heavy (non-hydrogen) atoms. The predicted molar refractivity (Wildman–Crippen MR) is 121 cm³/mol. The third kappa shape index (κ3) is 2.98. The van der Waals surface area contributed by atoms with Gasteiger partial charge in [-0.3, -0.25) is 0 Å². The van der Waals surface area contributed by atoms with Crippen LogP contribution in [0.25, 0.3) is 5.70 Å². The van der Waals surface area contributed by atoms with Crippen LogP contribution in [0.5, 0.6) is 5.75 Å². The van der Waals surface area contributed by atoms with Crippen molar-refractivity contribution >= 4 is 34.8 Å². The molecule has 1 N–H and O–H groups in total. The topological polar surface area (TPSA) is 52.0 Å². The molecule has 4 aromatic rings. The Balaban J connectivity index is 1.65. The Bertz CT molecular complexity index is 1400. The second-order valence-corrected chi connectivity index (χ2v) is 8.44. The quantitative estimate of drug-likeness (QED) is 0.379. The Hall–Kier alpha value is -3.35. The number of ether oxygens (including phenoxy) is 1. The van der Waals surface area contributed by atoms with E-state index < -0.39 is 12.1 Å². The highest BCUT2D eigenvalue weighted by Crippen LogP contribution is 2.51. The van der Waals surface area contributed by atoms with Gasteiger partial charge in [0, 0.05) is 21.2 Å². The second-order valence-electron chi connectivity index (χ2n) is 7.60. The van der Waals surface area contributed by atoms with Crippen LogP contribution in [0.1, 0.15) is 28.8 Å². The van der Waals surface area contributed by atoms with E-state index in [1.165, 1.54) is 18.5 Å². The summed E-state index contributed by atoms with van der Waals surface area (Å²) in [6.07, 6.45) is 0.916. The molecule has 8 heteroatoms. The summed E-state index contributed by atoms with van der Waals surface area (Å²) in [6, 6.07) is 19.1. The van der Waals surface area contributed by atoms with Gasteiger partial charge in [-0.1, -0.05) is 53.5 Å². The zero-order valence-corrected chi connectivity index (χ0v) is 18.0. The molecular weight excluding hydrogens is 450 g/mol. The third-order valence-electron chi connectivity index (χ3n) is 5.73. The minimum Gasteiger partial charge on any atom is -0.480 e. The van der Waals surface area contributed by atoms with Gasteiger partial charge in [-0.15, -0.1) is 0 Å². The van der Waals surface area contributed by atoms with Gasteiger partial charge in [-0.2, -0.15) is 10.1 Å². The van der Waals surface area contributed by atoms with Gasteiger partial charge >= 0.3 is 0 Å². The molecule has 1 aromatic heterocycles. The molecule has 2 aliphatic heterocycles. The number of anilines is 1. The van der Waals surface area contributed by atoms with Crippen molar-refractivity contribution in [3.05, 3.63) is 111 Å². The molecule has 158 valence electrons. The summed E-state index contributed by atoms with van der Waals surface area (Å²) in [5.74, 6) is 0.940. The number of aromatic nitrogens is 3. The van der Waals surface area contributed by atoms with Crippen molar-refractivity contribution in [3.63, 3.8) is 0 Å². The lowest BCUT2D eigenvalue weighted by atomic mass is 9.84. The summed E-state index contributed by atoms with van der Waals surface area (Å²) in [6.45, 7) is 0. The highest BCUT2D eigenvalue weighted by Gasteiger charge is 2.41. The first-order valence-electron chi connectivity index (χ1n) is 9.97. The van der Waals surface area contributed by atoms with E-state index >= 15 is 0 Å². The summed E-state index contributed by atoms with van der Waals surface area (Å²) in [5, 5.41) is 8.89. The Morgan fingerprint density at radius 1 is 1.00 bits per heavy atom. The van der Waals surface area contributed by atoms with Crippen molar-refractivity contribution in [2.45, 2.75) is 12.1 Å². The van der Waals surface area contributed by atoms with E-state index in [4.69, 9.17) is 27.9 Å². The average Bonchev–Trinajstić information content (AvgIpc) is 3.26. The monoisotopic (exact) mass is 464 g/mol. The van der Waals surface area contributed by atoms with Crippen LogP contribution in [0.3, 0.4) is 0 Å². The van der Waals surface area contributed by atoms with Gasteiger partial charge in [0.05, 0.1) is 5.70 Å². The van der Waals surface area contributed by atoms with E-state index in [-0.39, 0.29) is 5.82 Å². The van der Waals surface area contributed by atoms with Crippen LogP contribution in [0.2, 0.25) is 10.0 Å². The van der Waals surface area contributed by atoms with Gasteiger partial charge < -0.3 is 10.1 Å². The molecule has 0 amide bonds. The van der Waals surface area contributed by atoms with Crippen LogP contribution in [0.4, 0.5) is 10.3 Å². The fraction of sp³-hybridized carbons (Fsp3) is 0.0833. The molecule has 0 spiro atoms. The fourth-order valence-corrected chi connectivity index (χ4v) is 4.90. The van der Waals surface area contributed by atoms with Crippen LogP contribution in [0, 0.1) is 5.82 Å². The lowest BCUT2D eigenvalue weighted by molar-refractivity contribution is 0.222. The second kappa shape index (κ2) is 7.36. The van der Waals surface area contributed by atoms with Crippen molar-refractivity contribution in [1.82, 2.24) is 14.8 Å². The van der Waals surface area contributed by atoms with E-state index in [9.17, 15) is 4.39 Å². The van der Waals surface area contributed by atoms with E-state index in [0.29, 0.717) is 27.3 Å². The van der Waals surface area contributed by atoms with Crippen molar-refractivity contribution < 1.29 is 9.13 Å². The molecule has 0 saturated heterocycles. The van der Waals surface area contributed by atoms with Crippen molar-refractivity contribution in [1.29, 1.82) is 0 Å². The predicted octanol–water partition coefficient (Wildman–Crippen LogP) is 6.28. The molecule has 6 rings (SSSR count). The van der Waals surface area contributed by atoms with E-state index in [1.54, 1.807) is 22.9 Å². The lowest BCUT2D eigenvalue weighted by Gasteiger charge is -2.39. The molecule has 3 heterocycles. The Morgan fingerprint density at radius 3 is 2.72 bits per heavy atom. The Kier molecular flexibility index (Phi) is 4.45. The molecule has 0 saturated carbocycles. The molecule has 0 fully saturated rings. The molecule has 5 nitrogen and oxygen atoms in total. The van der Waals surface area contributed by atoms with E-state index in [1.807, 2.05) is 36.4 Å². The molecule has 0 bridgehead atoms. The third-order valence-corrected chi connectivity index (χ3v) is 6.29. The highest BCUT2D eigenvalue weighted by molar-refractivity contribution is 6.35. The first kappa shape index (κ1) is 19.3. The number of hydrogen-bond acceptors (Lipinski definition) is 4. The molecule has 3 aromatic carbocycles. The maximum atomic E-state index is 14.2. The summed E-state index contributed by atoms with van der Waals surface area (Å²) >= 11 is 12.8. The number of halogens is 3. The number of benzene rings is 3. The van der Waals surface area contributed by atoms with Crippen LogP contribution in [-0.2, 0) is 0 Å². The van der Waals surface area contributed by atoms with Crippen LogP contribution in [0.15, 0.2) is 78.6 Å². The first-order chi connectivity index (χ1) is 15.6. The number of rotatable bonds is 2. The van der Waals surface area contributed by atoms with Crippen LogP contribution >= 0.6 is 23.2 Å². The summed E-state index contributed by atoms with van der Waals surface area (Å²) in [4.78, 5) is 4.39. The number of para-hydroxylation sites is 1. The maximum Gasteiger partial charge on any atom is 0.226 e. The van der Waals surface area contributed by atoms with Crippen LogP contribution < -0.4 is 10.1 Å². The Labute approximate surface area is 193 Å². The van der Waals surface area contributed by atoms with Gasteiger partial charge in [-0.05, 0) is 47.5 Å². The van der Waals surface area contributed by atoms with Gasteiger partial charge in [0.15, 0.2) is 0 Å². The molecular formula is C24H15Cl2FN4O. The maximum absolute atomic E-state index is 14.2. The molecule has 2 aliphatic rings. The van der Waals surface area contributed by atoms with Gasteiger partial charge in [-0.25, -0.2) is 9.07 Å². The van der Waals surface area contributed by atoms with Crippen molar-refractivity contribution in [3.8, 4) is 5.75 Å². The molecule has 2 atom stereocenters. The first-order valence-corrected chi connectivity index (χ1v) is 10.7. The average molecular weight is 465 g/mol. The standard InChI is InChI=1S/C24H15Cl2FN4O/c25-14-8-9-16(18(26)11-14)22-20-21(30-24-28-12-29-31(22)24)17-6-1-2-7-19(17)32-23(20)13-4-3-5-15(27)10-13/h1-12,22-23H,(H,28,29,30). The highest BCUT2D eigenvalue weighted by atomic mass is 35.5. The van der Waals surface area contributed by atoms with Crippen molar-refractivity contribution in [2.75, 3.05) is 5.32 Å². The summed E-state index contributed by atoms with van der Waals surface area (Å²) in [5.41, 5.74) is 4.07. The summed E-state index contributed by atoms with van der Waals surface area (Å²) < 4.78 is 22.4. The number of hydrogen-bond donors (Lipinski definition) is 1. The largest absolute Gasteiger partial charge is 0.480 e. The van der Waals surface area contributed by atoms with Gasteiger partial charge in [0.25, 0.3) is 0 Å². The molecule has 0 aliphatic carbocycles. The number of fused-ring (bicyclic) bond motifs is 3. The van der Waals surface area contributed by atoms with E-state index in [0.717, 1.165) is 22.4 Å². The number of nitrogens with zero attached hydrogens (tertiary/aromatic N) is 3. The SMILES string of the molecule is Fc1cccc(C2Oc3ccccc3C3=C2C(c2ccc(Cl)cc2Cl)n2ncnc2N3)c1. The van der Waals surface area contributed by atoms with Gasteiger partial charge in [0.2, 0.25) is 5.95 Å². The lowest BCUT2D eigenvalue weighted by Crippen LogP contribution is -2.32. The van der Waals surface area contributed by atoms with Gasteiger partial charge in [0.1, 0.15) is 30.0 Å². The minimum absolute atomic E-state index is 0.335. The fourth-order valence-electron chi connectivity index (χ4n) is 4.38. The normalized spacial score (nSPS) is 18.8. The molecule has 0 radical (unpaired) electrons. The smallest absolute Gasteiger partial charge is 0.226 e.